The first kappa shape index (κ1) is 15.5. The molecule has 0 atom stereocenters. The number of piperidine rings is 1. The van der Waals surface area contributed by atoms with Gasteiger partial charge in [-0.25, -0.2) is 8.42 Å². The summed E-state index contributed by atoms with van der Waals surface area (Å²) in [6, 6.07) is 7.99. The molecule has 1 heterocycles. The molecule has 0 radical (unpaired) electrons. The highest BCUT2D eigenvalue weighted by molar-refractivity contribution is 7.90. The third-order valence-corrected chi connectivity index (χ3v) is 5.73. The third kappa shape index (κ3) is 4.60. The number of hydrogen-bond acceptors (Lipinski definition) is 3. The summed E-state index contributed by atoms with van der Waals surface area (Å²) >= 11 is 0. The average Bonchev–Trinajstić information content (AvgIpc) is 2.39. The van der Waals surface area contributed by atoms with Gasteiger partial charge in [0.2, 0.25) is 0 Å². The molecule has 0 saturated carbocycles. The van der Waals surface area contributed by atoms with Gasteiger partial charge < -0.3 is 5.32 Å². The average molecular weight is 295 g/mol. The number of sulfone groups is 1. The first-order chi connectivity index (χ1) is 9.46. The van der Waals surface area contributed by atoms with Crippen molar-refractivity contribution in [3.05, 3.63) is 35.4 Å². The molecule has 3 nitrogen and oxygen atoms in total. The standard InChI is InChI=1S/C16H25NO2S/c1-13(2)16-5-3-14(4-6-16)11-20(18,19)12-15-7-9-17-10-8-15/h3-6,13,15,17H,7-12H2,1-2H3. The summed E-state index contributed by atoms with van der Waals surface area (Å²) in [7, 11) is -3.00. The molecule has 1 aromatic rings. The SMILES string of the molecule is CC(C)c1ccc(CS(=O)(=O)CC2CCNCC2)cc1. The topological polar surface area (TPSA) is 46.2 Å². The highest BCUT2D eigenvalue weighted by Crippen LogP contribution is 2.19. The van der Waals surface area contributed by atoms with E-state index in [2.05, 4.69) is 19.2 Å². The van der Waals surface area contributed by atoms with Crippen LogP contribution in [0.15, 0.2) is 24.3 Å². The molecule has 1 N–H and O–H groups in total. The molecule has 0 aliphatic carbocycles. The fourth-order valence-corrected chi connectivity index (χ4v) is 4.59. The lowest BCUT2D eigenvalue weighted by molar-refractivity contribution is 0.401. The Morgan fingerprint density at radius 2 is 1.75 bits per heavy atom. The molecule has 1 aromatic carbocycles. The molecule has 4 heteroatoms. The van der Waals surface area contributed by atoms with Crippen LogP contribution in [-0.2, 0) is 15.6 Å². The van der Waals surface area contributed by atoms with Crippen molar-refractivity contribution in [3.8, 4) is 0 Å². The molecule has 2 rings (SSSR count). The smallest absolute Gasteiger partial charge is 0.154 e. The second-order valence-corrected chi connectivity index (χ2v) is 8.25. The van der Waals surface area contributed by atoms with Gasteiger partial charge in [0.25, 0.3) is 0 Å². The van der Waals surface area contributed by atoms with E-state index in [4.69, 9.17) is 0 Å². The Kier molecular flexibility index (Phi) is 5.22. The maximum absolute atomic E-state index is 12.3. The van der Waals surface area contributed by atoms with E-state index in [0.29, 0.717) is 17.6 Å². The second kappa shape index (κ2) is 6.72. The summed E-state index contributed by atoms with van der Waals surface area (Å²) in [5.74, 6) is 1.32. The minimum absolute atomic E-state index is 0.176. The zero-order chi connectivity index (χ0) is 14.6. The highest BCUT2D eigenvalue weighted by Gasteiger charge is 2.21. The van der Waals surface area contributed by atoms with Crippen molar-refractivity contribution in [3.63, 3.8) is 0 Å². The van der Waals surface area contributed by atoms with E-state index in [1.54, 1.807) is 0 Å². The van der Waals surface area contributed by atoms with Crippen LogP contribution in [0.4, 0.5) is 0 Å². The van der Waals surface area contributed by atoms with Crippen LogP contribution in [0.3, 0.4) is 0 Å². The van der Waals surface area contributed by atoms with Crippen molar-refractivity contribution in [2.75, 3.05) is 18.8 Å². The van der Waals surface area contributed by atoms with Gasteiger partial charge >= 0.3 is 0 Å². The monoisotopic (exact) mass is 295 g/mol. The molecular weight excluding hydrogens is 270 g/mol. The van der Waals surface area contributed by atoms with Gasteiger partial charge in [-0.2, -0.15) is 0 Å². The quantitative estimate of drug-likeness (QED) is 0.908. The second-order valence-electron chi connectivity index (χ2n) is 6.14. The molecule has 0 spiro atoms. The predicted molar refractivity (Wildman–Crippen MR) is 83.6 cm³/mol. The molecule has 0 amide bonds. The van der Waals surface area contributed by atoms with Crippen LogP contribution in [0.2, 0.25) is 0 Å². The number of hydrogen-bond donors (Lipinski definition) is 1. The van der Waals surface area contributed by atoms with E-state index in [-0.39, 0.29) is 5.75 Å². The van der Waals surface area contributed by atoms with E-state index in [0.717, 1.165) is 31.5 Å². The van der Waals surface area contributed by atoms with Gasteiger partial charge in [-0.15, -0.1) is 0 Å². The third-order valence-electron chi connectivity index (χ3n) is 3.98. The van der Waals surface area contributed by atoms with Crippen LogP contribution in [0.25, 0.3) is 0 Å². The Morgan fingerprint density at radius 1 is 1.15 bits per heavy atom. The van der Waals surface area contributed by atoms with Crippen LogP contribution >= 0.6 is 0 Å². The molecule has 0 aromatic heterocycles. The number of nitrogens with one attached hydrogen (secondary N) is 1. The van der Waals surface area contributed by atoms with E-state index in [1.165, 1.54) is 5.56 Å². The van der Waals surface area contributed by atoms with Crippen LogP contribution in [0.1, 0.15) is 43.7 Å². The summed E-state index contributed by atoms with van der Waals surface area (Å²) < 4.78 is 24.5. The van der Waals surface area contributed by atoms with Gasteiger partial charge in [0.15, 0.2) is 9.84 Å². The molecule has 0 bridgehead atoms. The lowest BCUT2D eigenvalue weighted by Crippen LogP contribution is -2.31. The van der Waals surface area contributed by atoms with Gasteiger partial charge in [-0.05, 0) is 48.9 Å². The summed E-state index contributed by atoms with van der Waals surface area (Å²) in [4.78, 5) is 0. The maximum atomic E-state index is 12.3. The molecule has 0 unspecified atom stereocenters. The van der Waals surface area contributed by atoms with Crippen molar-refractivity contribution in [1.29, 1.82) is 0 Å². The lowest BCUT2D eigenvalue weighted by Gasteiger charge is -2.22. The van der Waals surface area contributed by atoms with E-state index in [1.807, 2.05) is 24.3 Å². The van der Waals surface area contributed by atoms with Gasteiger partial charge in [0.05, 0.1) is 11.5 Å². The summed E-state index contributed by atoms with van der Waals surface area (Å²) in [6.45, 7) is 6.18. The van der Waals surface area contributed by atoms with E-state index >= 15 is 0 Å². The minimum atomic E-state index is -3.00. The van der Waals surface area contributed by atoms with E-state index in [9.17, 15) is 8.42 Å². The Labute approximate surface area is 122 Å². The largest absolute Gasteiger partial charge is 0.317 e. The van der Waals surface area contributed by atoms with Gasteiger partial charge in [0, 0.05) is 0 Å². The summed E-state index contributed by atoms with van der Waals surface area (Å²) in [5, 5.41) is 3.27. The molecule has 1 aliphatic heterocycles. The molecule has 1 saturated heterocycles. The van der Waals surface area contributed by atoms with Crippen molar-refractivity contribution >= 4 is 9.84 Å². The lowest BCUT2D eigenvalue weighted by atomic mass is 10.0. The molecule has 112 valence electrons. The van der Waals surface area contributed by atoms with Crippen LogP contribution in [0.5, 0.6) is 0 Å². The number of rotatable bonds is 5. The molecule has 1 fully saturated rings. The van der Waals surface area contributed by atoms with Crippen molar-refractivity contribution < 1.29 is 8.42 Å². The van der Waals surface area contributed by atoms with Crippen LogP contribution < -0.4 is 5.32 Å². The maximum Gasteiger partial charge on any atom is 0.154 e. The van der Waals surface area contributed by atoms with Crippen LogP contribution in [0, 0.1) is 5.92 Å². The Balaban J connectivity index is 1.96. The Hall–Kier alpha value is -0.870. The molecule has 1 aliphatic rings. The first-order valence-corrected chi connectivity index (χ1v) is 9.28. The summed E-state index contributed by atoms with van der Waals surface area (Å²) in [5.41, 5.74) is 2.16. The van der Waals surface area contributed by atoms with Crippen molar-refractivity contribution in [2.45, 2.75) is 38.4 Å². The summed E-state index contributed by atoms with van der Waals surface area (Å²) in [6.07, 6.45) is 1.96. The van der Waals surface area contributed by atoms with Gasteiger partial charge in [0.1, 0.15) is 0 Å². The Bertz CT molecular complexity index is 514. The van der Waals surface area contributed by atoms with Gasteiger partial charge in [-0.1, -0.05) is 38.1 Å². The zero-order valence-electron chi connectivity index (χ0n) is 12.4. The van der Waals surface area contributed by atoms with Crippen molar-refractivity contribution in [1.82, 2.24) is 5.32 Å². The van der Waals surface area contributed by atoms with Crippen molar-refractivity contribution in [2.24, 2.45) is 5.92 Å². The van der Waals surface area contributed by atoms with Crippen LogP contribution in [-0.4, -0.2) is 27.3 Å². The first-order valence-electron chi connectivity index (χ1n) is 7.46. The van der Waals surface area contributed by atoms with Gasteiger partial charge in [-0.3, -0.25) is 0 Å². The zero-order valence-corrected chi connectivity index (χ0v) is 13.2. The Morgan fingerprint density at radius 3 is 2.30 bits per heavy atom. The fraction of sp³-hybridized carbons (Fsp3) is 0.625. The number of benzene rings is 1. The highest BCUT2D eigenvalue weighted by atomic mass is 32.2. The predicted octanol–water partition coefficient (Wildman–Crippen LogP) is 2.72. The normalized spacial score (nSPS) is 17.6. The minimum Gasteiger partial charge on any atom is -0.317 e. The van der Waals surface area contributed by atoms with E-state index < -0.39 is 9.84 Å². The molecular formula is C16H25NO2S. The fourth-order valence-electron chi connectivity index (χ4n) is 2.72. The molecule has 20 heavy (non-hydrogen) atoms.